The molecule has 0 saturated carbocycles. The van der Waals surface area contributed by atoms with Crippen molar-refractivity contribution < 1.29 is 23.0 Å². The van der Waals surface area contributed by atoms with Crippen molar-refractivity contribution in [2.75, 3.05) is 6.61 Å². The monoisotopic (exact) mass is 324 g/mol. The Morgan fingerprint density at radius 1 is 1.43 bits per heavy atom. The Hall–Kier alpha value is -1.60. The van der Waals surface area contributed by atoms with Crippen LogP contribution in [0.15, 0.2) is 18.2 Å². The van der Waals surface area contributed by atoms with Gasteiger partial charge in [0.25, 0.3) is 0 Å². The number of halogens is 3. The van der Waals surface area contributed by atoms with Gasteiger partial charge in [0, 0.05) is 12.1 Å². The van der Waals surface area contributed by atoms with Crippen LogP contribution in [-0.2, 0) is 11.3 Å². The summed E-state index contributed by atoms with van der Waals surface area (Å²) in [5.74, 6) is -0.246. The molecule has 1 aromatic carbocycles. The number of benzene rings is 1. The molecule has 1 aromatic rings. The second-order valence-corrected chi connectivity index (χ2v) is 4.06. The lowest BCUT2D eigenvalue weighted by molar-refractivity contribution is -0.122. The number of carbonyl (C=O) groups is 1. The van der Waals surface area contributed by atoms with Gasteiger partial charge in [0.1, 0.15) is 0 Å². The smallest absolute Gasteiger partial charge is 0.387 e. The maximum absolute atomic E-state index is 12.5. The molecule has 1 amide bonds. The molecule has 0 aliphatic rings. The molecular formula is C13H19ClF2N2O3. The number of ether oxygens (including phenoxy) is 2. The van der Waals surface area contributed by atoms with Crippen LogP contribution in [-0.4, -0.2) is 25.2 Å². The summed E-state index contributed by atoms with van der Waals surface area (Å²) in [6, 6.07) is 4.06. The minimum atomic E-state index is -2.97. The standard InChI is InChI=1S/C13H18F2N2O3.ClH/c1-3-19-10-6-4-5-9(11(10)20-13(14)15)7-17-12(18)8(2)16;/h4-6,8,13H,3,7,16H2,1-2H3,(H,17,18);1H/t8-;/m1./s1. The molecule has 0 aromatic heterocycles. The van der Waals surface area contributed by atoms with E-state index in [2.05, 4.69) is 10.1 Å². The van der Waals surface area contributed by atoms with Gasteiger partial charge in [-0.25, -0.2) is 0 Å². The van der Waals surface area contributed by atoms with Crippen molar-refractivity contribution in [3.8, 4) is 11.5 Å². The van der Waals surface area contributed by atoms with Gasteiger partial charge in [-0.15, -0.1) is 12.4 Å². The first kappa shape index (κ1) is 19.4. The molecule has 5 nitrogen and oxygen atoms in total. The number of amides is 1. The lowest BCUT2D eigenvalue weighted by Crippen LogP contribution is -2.37. The largest absolute Gasteiger partial charge is 0.490 e. The van der Waals surface area contributed by atoms with E-state index in [0.29, 0.717) is 12.2 Å². The van der Waals surface area contributed by atoms with Gasteiger partial charge in [0.05, 0.1) is 12.6 Å². The molecule has 0 fully saturated rings. The van der Waals surface area contributed by atoms with E-state index in [4.69, 9.17) is 10.5 Å². The Kier molecular flexibility index (Phi) is 8.64. The highest BCUT2D eigenvalue weighted by molar-refractivity contribution is 5.85. The van der Waals surface area contributed by atoms with Crippen LogP contribution in [0.25, 0.3) is 0 Å². The molecule has 0 spiro atoms. The quantitative estimate of drug-likeness (QED) is 0.805. The first-order valence-electron chi connectivity index (χ1n) is 6.18. The SMILES string of the molecule is CCOc1cccc(CNC(=O)[C@@H](C)N)c1OC(F)F.Cl. The minimum absolute atomic E-state index is 0. The summed E-state index contributed by atoms with van der Waals surface area (Å²) in [4.78, 5) is 11.4. The zero-order chi connectivity index (χ0) is 15.1. The van der Waals surface area contributed by atoms with Gasteiger partial charge in [-0.2, -0.15) is 8.78 Å². The highest BCUT2D eigenvalue weighted by Gasteiger charge is 2.16. The van der Waals surface area contributed by atoms with E-state index in [-0.39, 0.29) is 36.4 Å². The topological polar surface area (TPSA) is 73.6 Å². The van der Waals surface area contributed by atoms with Gasteiger partial charge in [0.2, 0.25) is 5.91 Å². The Balaban J connectivity index is 0.00000400. The van der Waals surface area contributed by atoms with Crippen molar-refractivity contribution in [2.24, 2.45) is 5.73 Å². The summed E-state index contributed by atoms with van der Waals surface area (Å²) in [6.45, 7) is 0.636. The normalized spacial score (nSPS) is 11.5. The Morgan fingerprint density at radius 3 is 2.62 bits per heavy atom. The van der Waals surface area contributed by atoms with E-state index < -0.39 is 12.7 Å². The zero-order valence-corrected chi connectivity index (χ0v) is 12.6. The molecule has 3 N–H and O–H groups in total. The number of alkyl halides is 2. The van der Waals surface area contributed by atoms with Crippen LogP contribution in [0.2, 0.25) is 0 Å². The van der Waals surface area contributed by atoms with Crippen LogP contribution < -0.4 is 20.5 Å². The van der Waals surface area contributed by atoms with Crippen molar-refractivity contribution in [3.05, 3.63) is 23.8 Å². The van der Waals surface area contributed by atoms with Crippen molar-refractivity contribution >= 4 is 18.3 Å². The summed E-state index contributed by atoms with van der Waals surface area (Å²) in [5.41, 5.74) is 5.80. The summed E-state index contributed by atoms with van der Waals surface area (Å²) < 4.78 is 34.6. The van der Waals surface area contributed by atoms with E-state index in [1.165, 1.54) is 13.0 Å². The van der Waals surface area contributed by atoms with Crippen LogP contribution in [0.4, 0.5) is 8.78 Å². The third-order valence-corrected chi connectivity index (χ3v) is 2.43. The number of carbonyl (C=O) groups excluding carboxylic acids is 1. The average molecular weight is 325 g/mol. The molecule has 0 radical (unpaired) electrons. The molecule has 0 heterocycles. The van der Waals surface area contributed by atoms with Crippen molar-refractivity contribution in [1.82, 2.24) is 5.32 Å². The molecule has 21 heavy (non-hydrogen) atoms. The van der Waals surface area contributed by atoms with Gasteiger partial charge < -0.3 is 20.5 Å². The molecule has 0 unspecified atom stereocenters. The average Bonchev–Trinajstić information content (AvgIpc) is 2.38. The lowest BCUT2D eigenvalue weighted by atomic mass is 10.1. The van der Waals surface area contributed by atoms with Gasteiger partial charge >= 0.3 is 6.61 Å². The number of para-hydroxylation sites is 1. The van der Waals surface area contributed by atoms with Gasteiger partial charge in [-0.3, -0.25) is 4.79 Å². The van der Waals surface area contributed by atoms with E-state index in [0.717, 1.165) is 0 Å². The Morgan fingerprint density at radius 2 is 2.10 bits per heavy atom. The van der Waals surface area contributed by atoms with Crippen LogP contribution >= 0.6 is 12.4 Å². The minimum Gasteiger partial charge on any atom is -0.490 e. The van der Waals surface area contributed by atoms with Crippen molar-refractivity contribution in [2.45, 2.75) is 33.0 Å². The summed E-state index contributed by atoms with van der Waals surface area (Å²) in [7, 11) is 0. The molecular weight excluding hydrogens is 306 g/mol. The molecule has 8 heteroatoms. The fourth-order valence-electron chi connectivity index (χ4n) is 1.54. The predicted octanol–water partition coefficient (Wildman–Crippen LogP) is 2.07. The molecule has 1 atom stereocenters. The molecule has 0 aliphatic heterocycles. The fraction of sp³-hybridized carbons (Fsp3) is 0.462. The summed E-state index contributed by atoms with van der Waals surface area (Å²) in [6.07, 6.45) is 0. The van der Waals surface area contributed by atoms with Crippen molar-refractivity contribution in [3.63, 3.8) is 0 Å². The molecule has 0 bridgehead atoms. The predicted molar refractivity (Wildman–Crippen MR) is 77.0 cm³/mol. The Labute approximate surface area is 128 Å². The maximum atomic E-state index is 12.5. The molecule has 1 rings (SSSR count). The third kappa shape index (κ3) is 6.14. The van der Waals surface area contributed by atoms with Crippen LogP contribution in [0.3, 0.4) is 0 Å². The maximum Gasteiger partial charge on any atom is 0.387 e. The van der Waals surface area contributed by atoms with E-state index in [1.54, 1.807) is 19.1 Å². The number of hydrogen-bond donors (Lipinski definition) is 2. The number of nitrogens with two attached hydrogens (primary N) is 1. The summed E-state index contributed by atoms with van der Waals surface area (Å²) >= 11 is 0. The molecule has 120 valence electrons. The van der Waals surface area contributed by atoms with Gasteiger partial charge in [0.15, 0.2) is 11.5 Å². The van der Waals surface area contributed by atoms with Crippen LogP contribution in [0, 0.1) is 0 Å². The first-order chi connectivity index (χ1) is 9.45. The third-order valence-electron chi connectivity index (χ3n) is 2.43. The number of hydrogen-bond acceptors (Lipinski definition) is 4. The highest BCUT2D eigenvalue weighted by atomic mass is 35.5. The van der Waals surface area contributed by atoms with Gasteiger partial charge in [-0.1, -0.05) is 12.1 Å². The number of rotatable bonds is 7. The van der Waals surface area contributed by atoms with Crippen LogP contribution in [0.5, 0.6) is 11.5 Å². The van der Waals surface area contributed by atoms with Crippen LogP contribution in [0.1, 0.15) is 19.4 Å². The van der Waals surface area contributed by atoms with Gasteiger partial charge in [-0.05, 0) is 19.9 Å². The Bertz CT molecular complexity index is 459. The lowest BCUT2D eigenvalue weighted by Gasteiger charge is -2.16. The second kappa shape index (κ2) is 9.36. The van der Waals surface area contributed by atoms with E-state index >= 15 is 0 Å². The highest BCUT2D eigenvalue weighted by Crippen LogP contribution is 2.32. The zero-order valence-electron chi connectivity index (χ0n) is 11.8. The van der Waals surface area contributed by atoms with Crippen molar-refractivity contribution in [1.29, 1.82) is 0 Å². The van der Waals surface area contributed by atoms with E-state index in [1.807, 2.05) is 0 Å². The summed E-state index contributed by atoms with van der Waals surface area (Å²) in [5, 5.41) is 2.54. The second-order valence-electron chi connectivity index (χ2n) is 4.06. The molecule has 0 aliphatic carbocycles. The van der Waals surface area contributed by atoms with E-state index in [9.17, 15) is 13.6 Å². The first-order valence-corrected chi connectivity index (χ1v) is 6.18. The molecule has 0 saturated heterocycles. The number of nitrogens with one attached hydrogen (secondary N) is 1. The fourth-order valence-corrected chi connectivity index (χ4v) is 1.54.